The third kappa shape index (κ3) is 5.06. The van der Waals surface area contributed by atoms with Gasteiger partial charge in [0.05, 0.1) is 23.1 Å². The SMILES string of the molecule is C=C/C=C(/c1ccc(C)s1)c1cc(-c2n[nH]c3ccc(-c4cncc(NC(=C)CCC)c4)cc23)[nH]c1C. The summed E-state index contributed by atoms with van der Waals surface area (Å²) in [6.07, 6.45) is 9.63. The van der Waals surface area contributed by atoms with Crippen molar-refractivity contribution < 1.29 is 0 Å². The predicted octanol–water partition coefficient (Wildman–Crippen LogP) is 8.64. The van der Waals surface area contributed by atoms with Crippen LogP contribution in [0.1, 0.15) is 40.8 Å². The average Bonchev–Trinajstić information content (AvgIpc) is 3.60. The number of allylic oxidation sites excluding steroid dienone is 3. The van der Waals surface area contributed by atoms with Gasteiger partial charge < -0.3 is 10.3 Å². The Morgan fingerprint density at radius 1 is 1.08 bits per heavy atom. The third-order valence-electron chi connectivity index (χ3n) is 6.36. The first kappa shape index (κ1) is 24.5. The molecule has 0 unspecified atom stereocenters. The highest BCUT2D eigenvalue weighted by atomic mass is 32.1. The molecule has 1 aromatic carbocycles. The molecule has 0 saturated heterocycles. The van der Waals surface area contributed by atoms with E-state index in [4.69, 9.17) is 0 Å². The Hall–Kier alpha value is -4.16. The first-order valence-corrected chi connectivity index (χ1v) is 13.3. The van der Waals surface area contributed by atoms with Gasteiger partial charge in [0.2, 0.25) is 0 Å². The summed E-state index contributed by atoms with van der Waals surface area (Å²) in [6.45, 7) is 14.4. The molecule has 5 rings (SSSR count). The summed E-state index contributed by atoms with van der Waals surface area (Å²) in [6, 6.07) is 15.0. The van der Waals surface area contributed by atoms with Gasteiger partial charge in [-0.25, -0.2) is 0 Å². The number of aromatic nitrogens is 4. The highest BCUT2D eigenvalue weighted by Crippen LogP contribution is 2.36. The maximum absolute atomic E-state index is 4.68. The van der Waals surface area contributed by atoms with Crippen LogP contribution in [0, 0.1) is 13.8 Å². The normalized spacial score (nSPS) is 11.7. The average molecular weight is 506 g/mol. The summed E-state index contributed by atoms with van der Waals surface area (Å²) < 4.78 is 0. The van der Waals surface area contributed by atoms with Crippen molar-refractivity contribution in [3.8, 4) is 22.5 Å². The van der Waals surface area contributed by atoms with Crippen molar-refractivity contribution in [1.29, 1.82) is 0 Å². The zero-order valence-corrected chi connectivity index (χ0v) is 22.3. The monoisotopic (exact) mass is 505 g/mol. The Balaban J connectivity index is 1.52. The van der Waals surface area contributed by atoms with Gasteiger partial charge in [-0.3, -0.25) is 10.1 Å². The summed E-state index contributed by atoms with van der Waals surface area (Å²) in [4.78, 5) is 10.5. The van der Waals surface area contributed by atoms with Gasteiger partial charge in [0.1, 0.15) is 5.69 Å². The zero-order chi connectivity index (χ0) is 25.9. The highest BCUT2D eigenvalue weighted by Gasteiger charge is 2.17. The number of benzene rings is 1. The minimum absolute atomic E-state index is 0.894. The van der Waals surface area contributed by atoms with E-state index in [0.29, 0.717) is 0 Å². The van der Waals surface area contributed by atoms with Gasteiger partial charge in [0.15, 0.2) is 0 Å². The van der Waals surface area contributed by atoms with E-state index in [9.17, 15) is 0 Å². The van der Waals surface area contributed by atoms with Crippen LogP contribution >= 0.6 is 11.3 Å². The van der Waals surface area contributed by atoms with Crippen LogP contribution in [0.2, 0.25) is 0 Å². The first-order valence-electron chi connectivity index (χ1n) is 12.4. The van der Waals surface area contributed by atoms with Crippen LogP contribution in [-0.4, -0.2) is 20.2 Å². The van der Waals surface area contributed by atoms with E-state index in [-0.39, 0.29) is 0 Å². The lowest BCUT2D eigenvalue weighted by molar-refractivity contribution is 0.913. The number of nitrogens with zero attached hydrogens (tertiary/aromatic N) is 2. The molecule has 0 atom stereocenters. The predicted molar refractivity (Wildman–Crippen MR) is 158 cm³/mol. The molecular formula is C31H31N5S. The number of fused-ring (bicyclic) bond motifs is 1. The number of thiophene rings is 1. The second-order valence-electron chi connectivity index (χ2n) is 9.22. The van der Waals surface area contributed by atoms with Gasteiger partial charge in [-0.1, -0.05) is 44.7 Å². The number of aryl methyl sites for hydroxylation is 2. The molecule has 0 aliphatic carbocycles. The molecule has 5 nitrogen and oxygen atoms in total. The fourth-order valence-electron chi connectivity index (χ4n) is 4.60. The molecular weight excluding hydrogens is 474 g/mol. The van der Waals surface area contributed by atoms with Crippen LogP contribution in [0.3, 0.4) is 0 Å². The number of H-pyrrole nitrogens is 2. The van der Waals surface area contributed by atoms with E-state index < -0.39 is 0 Å². The maximum atomic E-state index is 4.68. The molecule has 0 amide bonds. The van der Waals surface area contributed by atoms with Crippen LogP contribution in [-0.2, 0) is 0 Å². The Morgan fingerprint density at radius 2 is 1.95 bits per heavy atom. The van der Waals surface area contributed by atoms with Crippen molar-refractivity contribution >= 4 is 33.5 Å². The topological polar surface area (TPSA) is 69.4 Å². The smallest absolute Gasteiger partial charge is 0.116 e. The summed E-state index contributed by atoms with van der Waals surface area (Å²) >= 11 is 1.79. The molecule has 0 aliphatic rings. The standard InChI is InChI=1S/C31H31N5S/c1-6-8-19(3)33-24-14-23(17-32-18-24)22-11-12-28-27(15-22)31(36-35-28)29-16-26(21(5)34-29)25(9-7-2)30-13-10-20(4)37-30/h7,9-18,33-34H,2-3,6,8H2,1,4-5H3,(H,35,36)/b25-9+. The lowest BCUT2D eigenvalue weighted by Gasteiger charge is -2.10. The lowest BCUT2D eigenvalue weighted by atomic mass is 10.0. The molecule has 6 heteroatoms. The molecule has 0 saturated carbocycles. The largest absolute Gasteiger partial charge is 0.358 e. The first-order chi connectivity index (χ1) is 18.0. The van der Waals surface area contributed by atoms with Gasteiger partial charge >= 0.3 is 0 Å². The number of nitrogens with one attached hydrogen (secondary N) is 3. The number of hydrogen-bond acceptors (Lipinski definition) is 4. The van der Waals surface area contributed by atoms with Crippen molar-refractivity contribution in [2.24, 2.45) is 0 Å². The number of anilines is 1. The van der Waals surface area contributed by atoms with Crippen molar-refractivity contribution in [2.75, 3.05) is 5.32 Å². The molecule has 3 N–H and O–H groups in total. The van der Waals surface area contributed by atoms with Gasteiger partial charge in [-0.2, -0.15) is 5.10 Å². The molecule has 5 aromatic rings. The van der Waals surface area contributed by atoms with E-state index in [0.717, 1.165) is 74.5 Å². The van der Waals surface area contributed by atoms with E-state index >= 15 is 0 Å². The highest BCUT2D eigenvalue weighted by molar-refractivity contribution is 7.13. The second kappa shape index (κ2) is 10.4. The van der Waals surface area contributed by atoms with Crippen LogP contribution in [0.15, 0.2) is 85.9 Å². The molecule has 37 heavy (non-hydrogen) atoms. The van der Waals surface area contributed by atoms with E-state index in [1.165, 1.54) is 9.75 Å². The summed E-state index contributed by atoms with van der Waals surface area (Å²) in [5, 5.41) is 12.3. The van der Waals surface area contributed by atoms with Crippen molar-refractivity contribution in [2.45, 2.75) is 33.6 Å². The molecule has 0 spiro atoms. The molecule has 4 aromatic heterocycles. The fourth-order valence-corrected chi connectivity index (χ4v) is 5.51. The molecule has 0 aliphatic heterocycles. The molecule has 0 radical (unpaired) electrons. The van der Waals surface area contributed by atoms with Crippen molar-refractivity contribution in [1.82, 2.24) is 20.2 Å². The summed E-state index contributed by atoms with van der Waals surface area (Å²) in [5.74, 6) is 0. The molecule has 0 bridgehead atoms. The van der Waals surface area contributed by atoms with Gasteiger partial charge in [-0.15, -0.1) is 11.3 Å². The van der Waals surface area contributed by atoms with Crippen LogP contribution in [0.25, 0.3) is 39.0 Å². The second-order valence-corrected chi connectivity index (χ2v) is 10.5. The number of pyridine rings is 1. The van der Waals surface area contributed by atoms with Crippen molar-refractivity contribution in [3.63, 3.8) is 0 Å². The van der Waals surface area contributed by atoms with Crippen LogP contribution in [0.4, 0.5) is 5.69 Å². The number of hydrogen-bond donors (Lipinski definition) is 3. The Kier molecular flexibility index (Phi) is 6.93. The number of aromatic amines is 2. The fraction of sp³-hybridized carbons (Fsp3) is 0.161. The van der Waals surface area contributed by atoms with Crippen molar-refractivity contribution in [3.05, 3.63) is 107 Å². The van der Waals surface area contributed by atoms with E-state index in [1.54, 1.807) is 11.3 Å². The van der Waals surface area contributed by atoms with Crippen LogP contribution < -0.4 is 5.32 Å². The molecule has 0 fully saturated rings. The van der Waals surface area contributed by atoms with E-state index in [1.807, 2.05) is 18.5 Å². The molecule has 4 heterocycles. The van der Waals surface area contributed by atoms with Gasteiger partial charge in [0, 0.05) is 49.4 Å². The third-order valence-corrected chi connectivity index (χ3v) is 7.39. The summed E-state index contributed by atoms with van der Waals surface area (Å²) in [5.41, 5.74) is 10.3. The quantitative estimate of drug-likeness (QED) is 0.176. The van der Waals surface area contributed by atoms with Gasteiger partial charge in [-0.05, 0) is 62.2 Å². The number of rotatable bonds is 9. The Labute approximate surface area is 221 Å². The molecule has 186 valence electrons. The Morgan fingerprint density at radius 3 is 2.70 bits per heavy atom. The van der Waals surface area contributed by atoms with Gasteiger partial charge in [0.25, 0.3) is 0 Å². The maximum Gasteiger partial charge on any atom is 0.116 e. The van der Waals surface area contributed by atoms with Crippen LogP contribution in [0.5, 0.6) is 0 Å². The Bertz CT molecular complexity index is 1630. The van der Waals surface area contributed by atoms with E-state index in [2.05, 4.69) is 108 Å². The minimum atomic E-state index is 0.894. The lowest BCUT2D eigenvalue weighted by Crippen LogP contribution is -1.98. The zero-order valence-electron chi connectivity index (χ0n) is 21.5. The summed E-state index contributed by atoms with van der Waals surface area (Å²) in [7, 11) is 0. The minimum Gasteiger partial charge on any atom is -0.358 e.